The Morgan fingerprint density at radius 2 is 1.94 bits per heavy atom. The molecule has 0 saturated heterocycles. The zero-order chi connectivity index (χ0) is 12.2. The fraction of sp³-hybridized carbons (Fsp3) is 0.462. The van der Waals surface area contributed by atoms with E-state index in [1.807, 2.05) is 44.2 Å². The number of rotatable bonds is 4. The average molecular weight is 221 g/mol. The minimum Gasteiger partial charge on any atom is -0.467 e. The summed E-state index contributed by atoms with van der Waals surface area (Å²) >= 11 is 0. The molecule has 0 amide bonds. The molecule has 0 aliphatic carbocycles. The third kappa shape index (κ3) is 2.61. The second-order valence-electron chi connectivity index (χ2n) is 4.43. The van der Waals surface area contributed by atoms with E-state index in [-0.39, 0.29) is 5.97 Å². The van der Waals surface area contributed by atoms with Crippen LogP contribution in [0.2, 0.25) is 0 Å². The Bertz CT molecular complexity index is 348. The molecule has 1 aromatic rings. The number of carbonyl (C=O) groups excluding carboxylic acids is 1. The van der Waals surface area contributed by atoms with Crippen molar-refractivity contribution in [1.29, 1.82) is 0 Å². The third-order valence-electron chi connectivity index (χ3n) is 2.57. The van der Waals surface area contributed by atoms with Gasteiger partial charge < -0.3 is 10.5 Å². The van der Waals surface area contributed by atoms with Crippen molar-refractivity contribution in [1.82, 2.24) is 0 Å². The van der Waals surface area contributed by atoms with Gasteiger partial charge in [-0.2, -0.15) is 0 Å². The number of methoxy groups -OCH3 is 1. The first kappa shape index (κ1) is 12.7. The zero-order valence-electron chi connectivity index (χ0n) is 10.1. The largest absolute Gasteiger partial charge is 0.467 e. The molecule has 2 N–H and O–H groups in total. The molecule has 88 valence electrons. The van der Waals surface area contributed by atoms with E-state index in [0.29, 0.717) is 12.3 Å². The minimum atomic E-state index is -1.04. The molecule has 1 aromatic carbocycles. The molecular weight excluding hydrogens is 202 g/mol. The quantitative estimate of drug-likeness (QED) is 0.792. The molecule has 0 aliphatic rings. The van der Waals surface area contributed by atoms with Crippen LogP contribution in [-0.4, -0.2) is 13.1 Å². The number of carbonyl (C=O) groups is 1. The summed E-state index contributed by atoms with van der Waals surface area (Å²) in [6.45, 7) is 4.07. The van der Waals surface area contributed by atoms with E-state index >= 15 is 0 Å². The van der Waals surface area contributed by atoms with Gasteiger partial charge in [-0.25, -0.2) is 4.79 Å². The van der Waals surface area contributed by atoms with Gasteiger partial charge in [-0.3, -0.25) is 0 Å². The highest BCUT2D eigenvalue weighted by atomic mass is 16.5. The van der Waals surface area contributed by atoms with Gasteiger partial charge in [-0.05, 0) is 17.9 Å². The molecule has 0 fully saturated rings. The average Bonchev–Trinajstić information content (AvgIpc) is 2.28. The van der Waals surface area contributed by atoms with Gasteiger partial charge in [-0.1, -0.05) is 44.2 Å². The number of esters is 1. The van der Waals surface area contributed by atoms with Gasteiger partial charge in [0.15, 0.2) is 0 Å². The summed E-state index contributed by atoms with van der Waals surface area (Å²) in [7, 11) is 1.37. The highest BCUT2D eigenvalue weighted by molar-refractivity contribution is 5.82. The van der Waals surface area contributed by atoms with Crippen LogP contribution in [0.1, 0.15) is 25.8 Å². The zero-order valence-corrected chi connectivity index (χ0v) is 10.1. The molecule has 0 saturated carbocycles. The van der Waals surface area contributed by atoms with Gasteiger partial charge in [0, 0.05) is 0 Å². The van der Waals surface area contributed by atoms with E-state index in [4.69, 9.17) is 10.5 Å². The van der Waals surface area contributed by atoms with Crippen molar-refractivity contribution in [2.24, 2.45) is 11.7 Å². The first-order valence-corrected chi connectivity index (χ1v) is 5.43. The lowest BCUT2D eigenvalue weighted by Gasteiger charge is -2.28. The Morgan fingerprint density at radius 1 is 1.38 bits per heavy atom. The van der Waals surface area contributed by atoms with Crippen LogP contribution in [-0.2, 0) is 15.1 Å². The molecule has 0 heterocycles. The van der Waals surface area contributed by atoms with Crippen LogP contribution in [0.4, 0.5) is 0 Å². The normalized spacial score (nSPS) is 14.6. The first-order valence-electron chi connectivity index (χ1n) is 5.43. The molecule has 16 heavy (non-hydrogen) atoms. The Hall–Kier alpha value is -1.35. The van der Waals surface area contributed by atoms with Crippen molar-refractivity contribution in [2.75, 3.05) is 7.11 Å². The standard InChI is InChI=1S/C13H19NO2/c1-10(2)9-13(14,12(15)16-3)11-7-5-4-6-8-11/h4-8,10H,9,14H2,1-3H3/t13-/m0/s1. The lowest BCUT2D eigenvalue weighted by atomic mass is 9.83. The van der Waals surface area contributed by atoms with Gasteiger partial charge >= 0.3 is 5.97 Å². The number of ether oxygens (including phenoxy) is 1. The van der Waals surface area contributed by atoms with Gasteiger partial charge in [0.1, 0.15) is 5.54 Å². The highest BCUT2D eigenvalue weighted by Crippen LogP contribution is 2.27. The molecular formula is C13H19NO2. The molecule has 0 aliphatic heterocycles. The van der Waals surface area contributed by atoms with E-state index in [2.05, 4.69) is 0 Å². The molecule has 3 nitrogen and oxygen atoms in total. The van der Waals surface area contributed by atoms with Gasteiger partial charge in [0.2, 0.25) is 0 Å². The molecule has 0 spiro atoms. The monoisotopic (exact) mass is 221 g/mol. The Balaban J connectivity index is 3.09. The van der Waals surface area contributed by atoms with Crippen molar-refractivity contribution in [3.8, 4) is 0 Å². The SMILES string of the molecule is COC(=O)[C@](N)(CC(C)C)c1ccccc1. The molecule has 1 atom stereocenters. The molecule has 1 rings (SSSR count). The maximum Gasteiger partial charge on any atom is 0.330 e. The lowest BCUT2D eigenvalue weighted by molar-refractivity contribution is -0.148. The fourth-order valence-electron chi connectivity index (χ4n) is 1.88. The fourth-order valence-corrected chi connectivity index (χ4v) is 1.88. The third-order valence-corrected chi connectivity index (χ3v) is 2.57. The van der Waals surface area contributed by atoms with E-state index in [9.17, 15) is 4.79 Å². The summed E-state index contributed by atoms with van der Waals surface area (Å²) in [5.74, 6) is -0.0586. The molecule has 0 radical (unpaired) electrons. The van der Waals surface area contributed by atoms with Crippen LogP contribution in [0.5, 0.6) is 0 Å². The predicted molar refractivity (Wildman–Crippen MR) is 63.8 cm³/mol. The summed E-state index contributed by atoms with van der Waals surface area (Å²) in [5.41, 5.74) is 5.96. The Kier molecular flexibility index (Phi) is 4.07. The maximum absolute atomic E-state index is 11.8. The van der Waals surface area contributed by atoms with Crippen LogP contribution in [0.25, 0.3) is 0 Å². The molecule has 0 unspecified atom stereocenters. The van der Waals surface area contributed by atoms with Crippen LogP contribution in [0, 0.1) is 5.92 Å². The van der Waals surface area contributed by atoms with Gasteiger partial charge in [0.25, 0.3) is 0 Å². The van der Waals surface area contributed by atoms with Gasteiger partial charge in [0.05, 0.1) is 7.11 Å². The summed E-state index contributed by atoms with van der Waals surface area (Å²) in [6, 6.07) is 9.37. The summed E-state index contributed by atoms with van der Waals surface area (Å²) < 4.78 is 4.81. The lowest BCUT2D eigenvalue weighted by Crippen LogP contribution is -2.46. The smallest absolute Gasteiger partial charge is 0.330 e. The minimum absolute atomic E-state index is 0.323. The van der Waals surface area contributed by atoms with E-state index in [0.717, 1.165) is 5.56 Å². The van der Waals surface area contributed by atoms with Crippen molar-refractivity contribution < 1.29 is 9.53 Å². The van der Waals surface area contributed by atoms with Crippen molar-refractivity contribution in [3.63, 3.8) is 0 Å². The number of hydrogen-bond donors (Lipinski definition) is 1. The van der Waals surface area contributed by atoms with Crippen molar-refractivity contribution in [3.05, 3.63) is 35.9 Å². The Morgan fingerprint density at radius 3 is 2.38 bits per heavy atom. The second kappa shape index (κ2) is 5.12. The predicted octanol–water partition coefficient (Wildman–Crippen LogP) is 2.06. The highest BCUT2D eigenvalue weighted by Gasteiger charge is 2.37. The van der Waals surface area contributed by atoms with Crippen LogP contribution < -0.4 is 5.73 Å². The Labute approximate surface area is 96.6 Å². The molecule has 3 heteroatoms. The van der Waals surface area contributed by atoms with Crippen LogP contribution in [0.15, 0.2) is 30.3 Å². The van der Waals surface area contributed by atoms with Crippen molar-refractivity contribution in [2.45, 2.75) is 25.8 Å². The number of hydrogen-bond acceptors (Lipinski definition) is 3. The number of nitrogens with two attached hydrogens (primary N) is 1. The number of benzene rings is 1. The van der Waals surface area contributed by atoms with E-state index in [1.54, 1.807) is 0 Å². The summed E-state index contributed by atoms with van der Waals surface area (Å²) in [5, 5.41) is 0. The van der Waals surface area contributed by atoms with Crippen LogP contribution in [0.3, 0.4) is 0 Å². The van der Waals surface area contributed by atoms with E-state index < -0.39 is 5.54 Å². The van der Waals surface area contributed by atoms with Crippen LogP contribution >= 0.6 is 0 Å². The molecule has 0 bridgehead atoms. The second-order valence-corrected chi connectivity index (χ2v) is 4.43. The van der Waals surface area contributed by atoms with Crippen molar-refractivity contribution >= 4 is 5.97 Å². The summed E-state index contributed by atoms with van der Waals surface area (Å²) in [6.07, 6.45) is 0.573. The first-order chi connectivity index (χ1) is 7.50. The topological polar surface area (TPSA) is 52.3 Å². The molecule has 0 aromatic heterocycles. The van der Waals surface area contributed by atoms with Gasteiger partial charge in [-0.15, -0.1) is 0 Å². The maximum atomic E-state index is 11.8. The van der Waals surface area contributed by atoms with E-state index in [1.165, 1.54) is 7.11 Å². The summed E-state index contributed by atoms with van der Waals surface area (Å²) in [4.78, 5) is 11.8.